The molecular weight excluding hydrogens is 369 g/mol. The number of amides is 1. The Morgan fingerprint density at radius 1 is 1.00 bits per heavy atom. The minimum atomic E-state index is -3.90. The SMILES string of the molecule is C[C@H](Br)C(=O)NP(=O)(Oc1ccccc1)Oc1ccccc1. The first-order valence-corrected chi connectivity index (χ1v) is 9.00. The van der Waals surface area contributed by atoms with E-state index in [9.17, 15) is 9.36 Å². The van der Waals surface area contributed by atoms with Gasteiger partial charge in [-0.3, -0.25) is 4.79 Å². The van der Waals surface area contributed by atoms with Gasteiger partial charge in [-0.25, -0.2) is 9.65 Å². The van der Waals surface area contributed by atoms with Gasteiger partial charge < -0.3 is 9.05 Å². The van der Waals surface area contributed by atoms with Gasteiger partial charge in [0.25, 0.3) is 0 Å². The van der Waals surface area contributed by atoms with Crippen LogP contribution in [0.25, 0.3) is 0 Å². The van der Waals surface area contributed by atoms with Gasteiger partial charge >= 0.3 is 7.75 Å². The van der Waals surface area contributed by atoms with E-state index < -0.39 is 18.5 Å². The molecule has 0 radical (unpaired) electrons. The number of rotatable bonds is 6. The predicted octanol–water partition coefficient (Wildman–Crippen LogP) is 4.15. The molecule has 0 spiro atoms. The van der Waals surface area contributed by atoms with E-state index in [0.717, 1.165) is 0 Å². The number of hydrogen-bond donors (Lipinski definition) is 1. The molecule has 7 heteroatoms. The lowest BCUT2D eigenvalue weighted by Crippen LogP contribution is -2.30. The van der Waals surface area contributed by atoms with Crippen LogP contribution >= 0.6 is 23.7 Å². The van der Waals surface area contributed by atoms with Gasteiger partial charge in [-0.15, -0.1) is 0 Å². The Morgan fingerprint density at radius 2 is 1.41 bits per heavy atom. The molecule has 2 aromatic carbocycles. The summed E-state index contributed by atoms with van der Waals surface area (Å²) in [5.41, 5.74) is 0. The smallest absolute Gasteiger partial charge is 0.400 e. The average molecular weight is 384 g/mol. The monoisotopic (exact) mass is 383 g/mol. The maximum atomic E-state index is 12.9. The number of nitrogens with one attached hydrogen (secondary N) is 1. The zero-order chi connectivity index (χ0) is 16.0. The van der Waals surface area contributed by atoms with Crippen molar-refractivity contribution in [2.45, 2.75) is 11.8 Å². The van der Waals surface area contributed by atoms with Crippen LogP contribution in [-0.4, -0.2) is 10.7 Å². The van der Waals surface area contributed by atoms with Crippen LogP contribution in [0.5, 0.6) is 11.5 Å². The van der Waals surface area contributed by atoms with Crippen molar-refractivity contribution >= 4 is 29.6 Å². The maximum Gasteiger partial charge on any atom is 0.543 e. The number of carbonyl (C=O) groups excluding carboxylic acids is 1. The Bertz CT molecular complexity index is 618. The molecular formula is C15H15BrNO4P. The van der Waals surface area contributed by atoms with Gasteiger partial charge in [-0.1, -0.05) is 52.3 Å². The van der Waals surface area contributed by atoms with Crippen LogP contribution in [0.4, 0.5) is 0 Å². The van der Waals surface area contributed by atoms with E-state index in [2.05, 4.69) is 21.0 Å². The quantitative estimate of drug-likeness (QED) is 0.600. The lowest BCUT2D eigenvalue weighted by atomic mass is 10.3. The minimum absolute atomic E-state index is 0.337. The van der Waals surface area contributed by atoms with Gasteiger partial charge in [0.1, 0.15) is 11.5 Å². The Labute approximate surface area is 137 Å². The number of alkyl halides is 1. The fraction of sp³-hybridized carbons (Fsp3) is 0.133. The van der Waals surface area contributed by atoms with Crippen molar-refractivity contribution in [3.05, 3.63) is 60.7 Å². The maximum absolute atomic E-state index is 12.9. The third kappa shape index (κ3) is 4.90. The van der Waals surface area contributed by atoms with E-state index in [1.54, 1.807) is 67.6 Å². The molecule has 0 bridgehead atoms. The molecule has 0 unspecified atom stereocenters. The molecule has 0 saturated heterocycles. The fourth-order valence-corrected chi connectivity index (χ4v) is 3.21. The van der Waals surface area contributed by atoms with Crippen LogP contribution in [0, 0.1) is 0 Å². The van der Waals surface area contributed by atoms with Gasteiger partial charge in [-0.2, -0.15) is 0 Å². The summed E-state index contributed by atoms with van der Waals surface area (Å²) in [6, 6.07) is 17.1. The highest BCUT2D eigenvalue weighted by atomic mass is 79.9. The van der Waals surface area contributed by atoms with Crippen molar-refractivity contribution in [1.29, 1.82) is 0 Å². The van der Waals surface area contributed by atoms with E-state index in [0.29, 0.717) is 11.5 Å². The molecule has 0 aliphatic heterocycles. The molecule has 1 N–H and O–H groups in total. The molecule has 5 nitrogen and oxygen atoms in total. The van der Waals surface area contributed by atoms with E-state index >= 15 is 0 Å². The van der Waals surface area contributed by atoms with Crippen molar-refractivity contribution < 1.29 is 18.4 Å². The number of hydrogen-bond acceptors (Lipinski definition) is 4. The summed E-state index contributed by atoms with van der Waals surface area (Å²) in [6.45, 7) is 1.62. The first kappa shape index (κ1) is 16.6. The summed E-state index contributed by atoms with van der Waals surface area (Å²) in [4.78, 5) is 11.3. The summed E-state index contributed by atoms with van der Waals surface area (Å²) in [5.74, 6) is 0.184. The largest absolute Gasteiger partial charge is 0.543 e. The molecule has 2 aromatic rings. The molecule has 0 fully saturated rings. The van der Waals surface area contributed by atoms with Crippen molar-refractivity contribution in [3.8, 4) is 11.5 Å². The Morgan fingerprint density at radius 3 is 1.77 bits per heavy atom. The fourth-order valence-electron chi connectivity index (χ4n) is 1.53. The molecule has 2 rings (SSSR count). The van der Waals surface area contributed by atoms with Crippen LogP contribution in [0.2, 0.25) is 0 Å². The number of para-hydroxylation sites is 2. The highest BCUT2D eigenvalue weighted by Crippen LogP contribution is 2.44. The van der Waals surface area contributed by atoms with Crippen LogP contribution < -0.4 is 14.1 Å². The van der Waals surface area contributed by atoms with Crippen LogP contribution in [0.3, 0.4) is 0 Å². The number of halogens is 1. The topological polar surface area (TPSA) is 64.6 Å². The van der Waals surface area contributed by atoms with Crippen molar-refractivity contribution in [2.75, 3.05) is 0 Å². The second-order valence-corrected chi connectivity index (χ2v) is 7.36. The Hall–Kier alpha value is -1.78. The molecule has 1 amide bonds. The van der Waals surface area contributed by atoms with Gasteiger partial charge in [0.05, 0.1) is 4.83 Å². The van der Waals surface area contributed by atoms with Gasteiger partial charge in [0.2, 0.25) is 5.91 Å². The first-order chi connectivity index (χ1) is 10.5. The summed E-state index contributed by atoms with van der Waals surface area (Å²) < 4.78 is 23.7. The van der Waals surface area contributed by atoms with Crippen molar-refractivity contribution in [1.82, 2.24) is 5.09 Å². The van der Waals surface area contributed by atoms with Crippen LogP contribution in [0.15, 0.2) is 60.7 Å². The van der Waals surface area contributed by atoms with Crippen molar-refractivity contribution in [3.63, 3.8) is 0 Å². The standard InChI is InChI=1S/C15H15BrNO4P/c1-12(16)15(18)17-22(19,20-13-8-4-2-5-9-13)21-14-10-6-3-7-11-14/h2-12H,1H3,(H,17,18,19)/t12-/m0/s1. The highest BCUT2D eigenvalue weighted by Gasteiger charge is 2.32. The second kappa shape index (κ2) is 7.47. The molecule has 0 saturated carbocycles. The number of benzene rings is 2. The molecule has 116 valence electrons. The van der Waals surface area contributed by atoms with E-state index in [1.165, 1.54) is 0 Å². The summed E-state index contributed by atoms with van der Waals surface area (Å²) in [7, 11) is -3.90. The minimum Gasteiger partial charge on any atom is -0.400 e. The first-order valence-electron chi connectivity index (χ1n) is 6.54. The van der Waals surface area contributed by atoms with Crippen LogP contribution in [0.1, 0.15) is 6.92 Å². The molecule has 0 aromatic heterocycles. The summed E-state index contributed by atoms with van der Waals surface area (Å²) in [6.07, 6.45) is 0. The number of carbonyl (C=O) groups is 1. The van der Waals surface area contributed by atoms with E-state index in [1.807, 2.05) is 0 Å². The van der Waals surface area contributed by atoms with Crippen molar-refractivity contribution in [2.24, 2.45) is 0 Å². The van der Waals surface area contributed by atoms with Gasteiger partial charge in [-0.05, 0) is 31.2 Å². The average Bonchev–Trinajstić information content (AvgIpc) is 2.48. The molecule has 0 heterocycles. The third-order valence-corrected chi connectivity index (χ3v) is 4.36. The lowest BCUT2D eigenvalue weighted by Gasteiger charge is -2.20. The van der Waals surface area contributed by atoms with Crippen LogP contribution in [-0.2, 0) is 9.36 Å². The Balaban J connectivity index is 2.23. The molecule has 0 aliphatic rings. The third-order valence-electron chi connectivity index (χ3n) is 2.55. The summed E-state index contributed by atoms with van der Waals surface area (Å²) in [5, 5.41) is 2.32. The van der Waals surface area contributed by atoms with Gasteiger partial charge in [0, 0.05) is 0 Å². The molecule has 1 atom stereocenters. The van der Waals surface area contributed by atoms with Gasteiger partial charge in [0.15, 0.2) is 0 Å². The highest BCUT2D eigenvalue weighted by molar-refractivity contribution is 9.10. The summed E-state index contributed by atoms with van der Waals surface area (Å²) >= 11 is 3.12. The van der Waals surface area contributed by atoms with E-state index in [4.69, 9.17) is 9.05 Å². The lowest BCUT2D eigenvalue weighted by molar-refractivity contribution is -0.118. The predicted molar refractivity (Wildman–Crippen MR) is 88.3 cm³/mol. The zero-order valence-corrected chi connectivity index (χ0v) is 14.3. The molecule has 0 aliphatic carbocycles. The normalized spacial score (nSPS) is 12.3. The van der Waals surface area contributed by atoms with E-state index in [-0.39, 0.29) is 0 Å². The molecule has 22 heavy (non-hydrogen) atoms. The Kier molecular flexibility index (Phi) is 5.63. The second-order valence-electron chi connectivity index (χ2n) is 4.40. The zero-order valence-electron chi connectivity index (χ0n) is 11.8.